The molecule has 0 heterocycles. The van der Waals surface area contributed by atoms with E-state index in [1.54, 1.807) is 24.3 Å². The van der Waals surface area contributed by atoms with E-state index in [-0.39, 0.29) is 17.7 Å². The number of rotatable bonds is 7. The summed E-state index contributed by atoms with van der Waals surface area (Å²) in [5.41, 5.74) is 1.24. The molecule has 1 aliphatic carbocycles. The molecule has 0 spiro atoms. The van der Waals surface area contributed by atoms with Crippen molar-refractivity contribution in [3.05, 3.63) is 29.8 Å². The predicted octanol–water partition coefficient (Wildman–Crippen LogP) is 1.76. The van der Waals surface area contributed by atoms with Crippen molar-refractivity contribution in [2.75, 3.05) is 18.4 Å². The van der Waals surface area contributed by atoms with Gasteiger partial charge in [-0.1, -0.05) is 19.9 Å². The zero-order valence-electron chi connectivity index (χ0n) is 12.6. The highest BCUT2D eigenvalue weighted by Crippen LogP contribution is 2.20. The number of nitrogens with one attached hydrogen (secondary N) is 3. The van der Waals surface area contributed by atoms with Crippen LogP contribution in [0.2, 0.25) is 0 Å². The first-order valence-corrected chi connectivity index (χ1v) is 7.52. The standard InChI is InChI=1S/C16H23N3O2/c1-3-17-10-11(2)15(20)19-14-6-4-5-12(9-14)16(21)18-13-7-8-13/h4-6,9,11,13,17H,3,7-8,10H2,1-2H3,(H,18,21)(H,19,20). The molecule has 21 heavy (non-hydrogen) atoms. The largest absolute Gasteiger partial charge is 0.349 e. The third-order valence-corrected chi connectivity index (χ3v) is 3.45. The summed E-state index contributed by atoms with van der Waals surface area (Å²) in [6, 6.07) is 7.39. The van der Waals surface area contributed by atoms with E-state index in [4.69, 9.17) is 0 Å². The fourth-order valence-corrected chi connectivity index (χ4v) is 1.95. The van der Waals surface area contributed by atoms with Crippen molar-refractivity contribution in [3.63, 3.8) is 0 Å². The first-order valence-electron chi connectivity index (χ1n) is 7.52. The summed E-state index contributed by atoms with van der Waals surface area (Å²) in [5, 5.41) is 8.94. The number of anilines is 1. The zero-order valence-corrected chi connectivity index (χ0v) is 12.6. The maximum absolute atomic E-state index is 12.0. The summed E-state index contributed by atoms with van der Waals surface area (Å²) in [7, 11) is 0. The molecule has 0 bridgehead atoms. The summed E-state index contributed by atoms with van der Waals surface area (Å²) in [6.45, 7) is 5.37. The summed E-state index contributed by atoms with van der Waals surface area (Å²) in [5.74, 6) is -0.237. The van der Waals surface area contributed by atoms with Gasteiger partial charge in [-0.3, -0.25) is 9.59 Å². The Morgan fingerprint density at radius 1 is 1.33 bits per heavy atom. The Morgan fingerprint density at radius 2 is 2.10 bits per heavy atom. The Labute approximate surface area is 125 Å². The second-order valence-corrected chi connectivity index (χ2v) is 5.53. The fraction of sp³-hybridized carbons (Fsp3) is 0.500. The van der Waals surface area contributed by atoms with Crippen LogP contribution in [-0.4, -0.2) is 30.9 Å². The van der Waals surface area contributed by atoms with Gasteiger partial charge in [-0.25, -0.2) is 0 Å². The van der Waals surface area contributed by atoms with Crippen molar-refractivity contribution in [3.8, 4) is 0 Å². The van der Waals surface area contributed by atoms with Gasteiger partial charge in [0.1, 0.15) is 0 Å². The molecule has 1 aliphatic rings. The zero-order chi connectivity index (χ0) is 15.2. The van der Waals surface area contributed by atoms with Gasteiger partial charge in [-0.2, -0.15) is 0 Å². The summed E-state index contributed by atoms with van der Waals surface area (Å²) >= 11 is 0. The van der Waals surface area contributed by atoms with Crippen LogP contribution >= 0.6 is 0 Å². The molecule has 0 aliphatic heterocycles. The number of hydrogen-bond acceptors (Lipinski definition) is 3. The monoisotopic (exact) mass is 289 g/mol. The van der Waals surface area contributed by atoms with Crippen molar-refractivity contribution in [2.45, 2.75) is 32.7 Å². The quantitative estimate of drug-likeness (QED) is 0.716. The highest BCUT2D eigenvalue weighted by molar-refractivity contribution is 5.97. The van der Waals surface area contributed by atoms with Crippen LogP contribution in [0.3, 0.4) is 0 Å². The summed E-state index contributed by atoms with van der Waals surface area (Å²) in [4.78, 5) is 24.0. The molecule has 1 atom stereocenters. The molecule has 0 radical (unpaired) electrons. The summed E-state index contributed by atoms with van der Waals surface area (Å²) < 4.78 is 0. The molecule has 1 aromatic rings. The number of amides is 2. The Kier molecular flexibility index (Phi) is 5.33. The molecule has 0 saturated heterocycles. The van der Waals surface area contributed by atoms with Crippen LogP contribution in [0.25, 0.3) is 0 Å². The highest BCUT2D eigenvalue weighted by Gasteiger charge is 2.23. The van der Waals surface area contributed by atoms with E-state index in [1.807, 2.05) is 13.8 Å². The molecule has 2 rings (SSSR count). The first kappa shape index (κ1) is 15.5. The van der Waals surface area contributed by atoms with Gasteiger partial charge in [0.05, 0.1) is 0 Å². The SMILES string of the molecule is CCNCC(C)C(=O)Nc1cccc(C(=O)NC2CC2)c1. The van der Waals surface area contributed by atoms with Gasteiger partial charge in [0.15, 0.2) is 0 Å². The van der Waals surface area contributed by atoms with Gasteiger partial charge >= 0.3 is 0 Å². The number of hydrogen-bond donors (Lipinski definition) is 3. The second kappa shape index (κ2) is 7.22. The van der Waals surface area contributed by atoms with E-state index in [2.05, 4.69) is 16.0 Å². The van der Waals surface area contributed by atoms with E-state index in [9.17, 15) is 9.59 Å². The van der Waals surface area contributed by atoms with Crippen LogP contribution in [0, 0.1) is 5.92 Å². The van der Waals surface area contributed by atoms with Gasteiger partial charge in [0.25, 0.3) is 5.91 Å². The van der Waals surface area contributed by atoms with Crippen LogP contribution in [0.5, 0.6) is 0 Å². The molecule has 2 amide bonds. The smallest absolute Gasteiger partial charge is 0.251 e. The summed E-state index contributed by atoms with van der Waals surface area (Å²) in [6.07, 6.45) is 2.12. The normalized spacial score (nSPS) is 15.3. The van der Waals surface area contributed by atoms with Crippen LogP contribution in [0.1, 0.15) is 37.0 Å². The van der Waals surface area contributed by atoms with Gasteiger partial charge in [-0.05, 0) is 37.6 Å². The molecule has 3 N–H and O–H groups in total. The molecule has 1 saturated carbocycles. The molecule has 5 heteroatoms. The third-order valence-electron chi connectivity index (χ3n) is 3.45. The molecule has 1 fully saturated rings. The highest BCUT2D eigenvalue weighted by atomic mass is 16.2. The lowest BCUT2D eigenvalue weighted by Crippen LogP contribution is -2.30. The lowest BCUT2D eigenvalue weighted by molar-refractivity contribution is -0.119. The molecule has 114 valence electrons. The lowest BCUT2D eigenvalue weighted by Gasteiger charge is -2.13. The van der Waals surface area contributed by atoms with E-state index >= 15 is 0 Å². The Hall–Kier alpha value is -1.88. The Morgan fingerprint density at radius 3 is 2.76 bits per heavy atom. The van der Waals surface area contributed by atoms with Crippen molar-refractivity contribution in [1.82, 2.24) is 10.6 Å². The lowest BCUT2D eigenvalue weighted by atomic mass is 10.1. The third kappa shape index (κ3) is 4.86. The molecular weight excluding hydrogens is 266 g/mol. The molecule has 1 unspecified atom stereocenters. The van der Waals surface area contributed by atoms with Crippen LogP contribution < -0.4 is 16.0 Å². The van der Waals surface area contributed by atoms with Crippen LogP contribution in [0.4, 0.5) is 5.69 Å². The van der Waals surface area contributed by atoms with Crippen molar-refractivity contribution < 1.29 is 9.59 Å². The fourth-order valence-electron chi connectivity index (χ4n) is 1.95. The minimum Gasteiger partial charge on any atom is -0.349 e. The minimum atomic E-state index is -0.117. The van der Waals surface area contributed by atoms with Crippen molar-refractivity contribution >= 4 is 17.5 Å². The molecule has 1 aromatic carbocycles. The van der Waals surface area contributed by atoms with Crippen molar-refractivity contribution in [1.29, 1.82) is 0 Å². The van der Waals surface area contributed by atoms with Crippen molar-refractivity contribution in [2.24, 2.45) is 5.92 Å². The van der Waals surface area contributed by atoms with E-state index < -0.39 is 0 Å². The van der Waals surface area contributed by atoms with E-state index in [1.165, 1.54) is 0 Å². The average molecular weight is 289 g/mol. The first-order chi connectivity index (χ1) is 10.1. The topological polar surface area (TPSA) is 70.2 Å². The van der Waals surface area contributed by atoms with Gasteiger partial charge < -0.3 is 16.0 Å². The maximum Gasteiger partial charge on any atom is 0.251 e. The maximum atomic E-state index is 12.0. The van der Waals surface area contributed by atoms with Gasteiger partial charge in [0.2, 0.25) is 5.91 Å². The predicted molar refractivity (Wildman–Crippen MR) is 83.3 cm³/mol. The molecule has 0 aromatic heterocycles. The van der Waals surface area contributed by atoms with Crippen LogP contribution in [-0.2, 0) is 4.79 Å². The Bertz CT molecular complexity index is 512. The number of carbonyl (C=O) groups is 2. The minimum absolute atomic E-state index is 0.0456. The van der Waals surface area contributed by atoms with E-state index in [0.29, 0.717) is 23.8 Å². The van der Waals surface area contributed by atoms with Gasteiger partial charge in [0, 0.05) is 29.8 Å². The van der Waals surface area contributed by atoms with E-state index in [0.717, 1.165) is 19.4 Å². The number of carbonyl (C=O) groups excluding carboxylic acids is 2. The molecule has 5 nitrogen and oxygen atoms in total. The van der Waals surface area contributed by atoms with Crippen LogP contribution in [0.15, 0.2) is 24.3 Å². The molecular formula is C16H23N3O2. The Balaban J connectivity index is 1.93. The average Bonchev–Trinajstić information content (AvgIpc) is 3.28. The second-order valence-electron chi connectivity index (χ2n) is 5.53. The van der Waals surface area contributed by atoms with Gasteiger partial charge in [-0.15, -0.1) is 0 Å². The number of benzene rings is 1.